The van der Waals surface area contributed by atoms with Crippen molar-refractivity contribution in [3.63, 3.8) is 0 Å². The lowest BCUT2D eigenvalue weighted by atomic mass is 9.79. The van der Waals surface area contributed by atoms with Gasteiger partial charge in [0.15, 0.2) is 0 Å². The molecule has 340 valence electrons. The lowest BCUT2D eigenvalue weighted by Gasteiger charge is -2.39. The SMILES string of the molecule is CC1=CCC(N(C2=CC(C)C(C)C=C2)C2=CC3=C(CC2)c2c(c(-c4ccccc4)c4c(c2-c2ccccc2)-c2cccc5c(N(c6ccc(C)c(C)c6)c6ccc(C)c(C)c6)ccc-4c25)C3)C=C1C. The molecule has 0 aliphatic heterocycles. The molecule has 0 aromatic heterocycles. The molecule has 12 rings (SSSR count). The van der Waals surface area contributed by atoms with E-state index >= 15 is 0 Å². The predicted octanol–water partition coefficient (Wildman–Crippen LogP) is 18.2. The van der Waals surface area contributed by atoms with Crippen LogP contribution >= 0.6 is 0 Å². The van der Waals surface area contributed by atoms with Crippen molar-refractivity contribution in [2.24, 2.45) is 11.8 Å². The van der Waals surface area contributed by atoms with Crippen LogP contribution in [0, 0.1) is 39.5 Å². The zero-order valence-corrected chi connectivity index (χ0v) is 41.5. The van der Waals surface area contributed by atoms with Crippen molar-refractivity contribution in [3.8, 4) is 44.5 Å². The maximum absolute atomic E-state index is 2.71. The number of hydrogen-bond donors (Lipinski definition) is 0. The van der Waals surface area contributed by atoms with Crippen LogP contribution in [0.1, 0.15) is 80.3 Å². The number of aryl methyl sites for hydroxylation is 4. The van der Waals surface area contributed by atoms with Crippen LogP contribution in [-0.4, -0.2) is 10.9 Å². The van der Waals surface area contributed by atoms with Gasteiger partial charge in [-0.1, -0.05) is 146 Å². The second kappa shape index (κ2) is 16.8. The third-order valence-corrected chi connectivity index (χ3v) is 16.5. The van der Waals surface area contributed by atoms with Gasteiger partial charge in [0, 0.05) is 28.2 Å². The molecule has 5 aliphatic carbocycles. The Morgan fingerprint density at radius 3 is 1.84 bits per heavy atom. The third kappa shape index (κ3) is 7.05. The second-order valence-electron chi connectivity index (χ2n) is 20.7. The molecular weight excluding hydrogens is 833 g/mol. The quantitative estimate of drug-likeness (QED) is 0.150. The summed E-state index contributed by atoms with van der Waals surface area (Å²) in [5.74, 6) is 1.02. The van der Waals surface area contributed by atoms with Crippen molar-refractivity contribution in [1.82, 2.24) is 4.90 Å². The first-order chi connectivity index (χ1) is 33.5. The summed E-state index contributed by atoms with van der Waals surface area (Å²) in [5.41, 5.74) is 31.0. The van der Waals surface area contributed by atoms with Crippen LogP contribution in [0.2, 0.25) is 0 Å². The van der Waals surface area contributed by atoms with E-state index in [9.17, 15) is 0 Å². The first-order valence-corrected chi connectivity index (χ1v) is 25.4. The number of nitrogens with zero attached hydrogens (tertiary/aromatic N) is 2. The number of allylic oxidation sites excluding steroid dienone is 9. The van der Waals surface area contributed by atoms with Crippen LogP contribution in [0.3, 0.4) is 0 Å². The van der Waals surface area contributed by atoms with E-state index in [2.05, 4.69) is 229 Å². The van der Waals surface area contributed by atoms with Crippen molar-refractivity contribution in [3.05, 3.63) is 225 Å². The van der Waals surface area contributed by atoms with Crippen LogP contribution in [0.4, 0.5) is 17.1 Å². The van der Waals surface area contributed by atoms with Gasteiger partial charge in [-0.25, -0.2) is 0 Å². The van der Waals surface area contributed by atoms with E-state index in [1.54, 1.807) is 0 Å². The molecular formula is C67H62N2. The summed E-state index contributed by atoms with van der Waals surface area (Å²) in [6.45, 7) is 18.2. The Morgan fingerprint density at radius 2 is 1.19 bits per heavy atom. The molecule has 2 heteroatoms. The average molecular weight is 895 g/mol. The van der Waals surface area contributed by atoms with Gasteiger partial charge in [0.25, 0.3) is 0 Å². The smallest absolute Gasteiger partial charge is 0.0559 e. The van der Waals surface area contributed by atoms with Crippen molar-refractivity contribution < 1.29 is 0 Å². The van der Waals surface area contributed by atoms with Gasteiger partial charge in [0.1, 0.15) is 0 Å². The highest BCUT2D eigenvalue weighted by Gasteiger charge is 2.39. The average Bonchev–Trinajstić information content (AvgIpc) is 3.90. The minimum Gasteiger partial charge on any atom is -0.338 e. The molecule has 7 aromatic carbocycles. The van der Waals surface area contributed by atoms with Gasteiger partial charge < -0.3 is 9.80 Å². The largest absolute Gasteiger partial charge is 0.338 e. The summed E-state index contributed by atoms with van der Waals surface area (Å²) in [5, 5.41) is 2.61. The lowest BCUT2D eigenvalue weighted by Crippen LogP contribution is -2.35. The second-order valence-corrected chi connectivity index (χ2v) is 20.7. The van der Waals surface area contributed by atoms with Gasteiger partial charge in [-0.15, -0.1) is 0 Å². The third-order valence-electron chi connectivity index (χ3n) is 16.5. The molecule has 3 unspecified atom stereocenters. The van der Waals surface area contributed by atoms with E-state index in [4.69, 9.17) is 0 Å². The van der Waals surface area contributed by atoms with Crippen molar-refractivity contribution in [2.75, 3.05) is 4.90 Å². The number of rotatable bonds is 8. The fourth-order valence-corrected chi connectivity index (χ4v) is 12.2. The Kier molecular flexibility index (Phi) is 10.5. The highest BCUT2D eigenvalue weighted by molar-refractivity contribution is 6.25. The number of benzene rings is 7. The Balaban J connectivity index is 1.10. The van der Waals surface area contributed by atoms with E-state index in [-0.39, 0.29) is 6.04 Å². The first-order valence-electron chi connectivity index (χ1n) is 25.4. The van der Waals surface area contributed by atoms with Crippen LogP contribution in [0.5, 0.6) is 0 Å². The lowest BCUT2D eigenvalue weighted by molar-refractivity contribution is 0.347. The van der Waals surface area contributed by atoms with Gasteiger partial charge in [-0.2, -0.15) is 0 Å². The molecule has 2 nitrogen and oxygen atoms in total. The normalized spacial score (nSPS) is 18.9. The van der Waals surface area contributed by atoms with Gasteiger partial charge in [0.05, 0.1) is 11.7 Å². The number of fused-ring (bicyclic) bond motifs is 5. The summed E-state index contributed by atoms with van der Waals surface area (Å²) in [4.78, 5) is 5.21. The van der Waals surface area contributed by atoms with Gasteiger partial charge in [-0.3, -0.25) is 0 Å². The van der Waals surface area contributed by atoms with E-state index in [0.29, 0.717) is 11.8 Å². The summed E-state index contributed by atoms with van der Waals surface area (Å²) in [7, 11) is 0. The van der Waals surface area contributed by atoms with Crippen molar-refractivity contribution >= 4 is 33.4 Å². The molecule has 0 spiro atoms. The minimum atomic E-state index is 0.286. The van der Waals surface area contributed by atoms with Gasteiger partial charge in [-0.05, 0) is 216 Å². The molecule has 0 N–H and O–H groups in total. The zero-order chi connectivity index (χ0) is 47.2. The summed E-state index contributed by atoms with van der Waals surface area (Å²) >= 11 is 0. The monoisotopic (exact) mass is 894 g/mol. The van der Waals surface area contributed by atoms with E-state index < -0.39 is 0 Å². The topological polar surface area (TPSA) is 6.48 Å². The Morgan fingerprint density at radius 1 is 0.536 bits per heavy atom. The molecule has 69 heavy (non-hydrogen) atoms. The molecule has 0 radical (unpaired) electrons. The minimum absolute atomic E-state index is 0.286. The molecule has 0 heterocycles. The highest BCUT2D eigenvalue weighted by atomic mass is 15.2. The van der Waals surface area contributed by atoms with Crippen LogP contribution < -0.4 is 4.90 Å². The molecule has 0 saturated heterocycles. The zero-order valence-electron chi connectivity index (χ0n) is 41.5. The van der Waals surface area contributed by atoms with E-state index in [1.165, 1.54) is 139 Å². The molecule has 0 bridgehead atoms. The standard InChI is InChI=1S/C67H62N2/c1-40-22-26-51(34-44(40)5)68(52-27-23-41(2)45(6)35-52)55-30-31-56-50(38-55)39-60-62(48-16-11-9-12-17-48)66-59-32-33-61(69(53-28-24-42(3)46(7)36-53)54-29-25-43(4)47(8)37-54)57-20-15-21-58(64(57)59)67(66)63(65(56)60)49-18-13-10-14-19-49/h9-26,28-29,32-38,40,44,52H,27,30-31,39H2,1-8H3. The number of hydrogen-bond acceptors (Lipinski definition) is 2. The Labute approximate surface area is 410 Å². The molecule has 5 aliphatic rings. The van der Waals surface area contributed by atoms with Crippen LogP contribution in [0.15, 0.2) is 192 Å². The van der Waals surface area contributed by atoms with Crippen molar-refractivity contribution in [1.29, 1.82) is 0 Å². The maximum atomic E-state index is 2.71. The first kappa shape index (κ1) is 43.1. The molecule has 0 amide bonds. The van der Waals surface area contributed by atoms with E-state index in [0.717, 1.165) is 25.7 Å². The molecule has 0 fully saturated rings. The summed E-state index contributed by atoms with van der Waals surface area (Å²) in [6, 6.07) is 48.8. The number of anilines is 3. The molecule has 0 saturated carbocycles. The Hall–Kier alpha value is -7.16. The summed E-state index contributed by atoms with van der Waals surface area (Å²) < 4.78 is 0. The van der Waals surface area contributed by atoms with Gasteiger partial charge >= 0.3 is 0 Å². The van der Waals surface area contributed by atoms with Crippen LogP contribution in [0.25, 0.3) is 60.9 Å². The van der Waals surface area contributed by atoms with Crippen molar-refractivity contribution in [2.45, 2.75) is 87.1 Å². The van der Waals surface area contributed by atoms with Gasteiger partial charge in [0.2, 0.25) is 0 Å². The fraction of sp³-hybridized carbons (Fsp3) is 0.224. The molecule has 7 aromatic rings. The molecule has 3 atom stereocenters. The maximum Gasteiger partial charge on any atom is 0.0559 e. The fourth-order valence-electron chi connectivity index (χ4n) is 12.2. The summed E-state index contributed by atoms with van der Waals surface area (Å²) in [6.07, 6.45) is 18.9. The highest BCUT2D eigenvalue weighted by Crippen LogP contribution is 2.62. The van der Waals surface area contributed by atoms with Crippen LogP contribution in [-0.2, 0) is 6.42 Å². The van der Waals surface area contributed by atoms with E-state index in [1.807, 2.05) is 0 Å². The predicted molar refractivity (Wildman–Crippen MR) is 294 cm³/mol. The Bertz CT molecular complexity index is 3430.